The molecule has 1 aliphatic heterocycles. The predicted molar refractivity (Wildman–Crippen MR) is 134 cm³/mol. The molecule has 0 saturated heterocycles. The molecule has 7 nitrogen and oxygen atoms in total. The van der Waals surface area contributed by atoms with E-state index in [9.17, 15) is 9.18 Å². The van der Waals surface area contributed by atoms with Crippen molar-refractivity contribution in [1.82, 2.24) is 20.1 Å². The molecule has 0 saturated carbocycles. The van der Waals surface area contributed by atoms with Crippen molar-refractivity contribution in [2.75, 3.05) is 19.0 Å². The van der Waals surface area contributed by atoms with Gasteiger partial charge in [-0.05, 0) is 41.7 Å². The molecule has 0 aliphatic carbocycles. The van der Waals surface area contributed by atoms with Gasteiger partial charge in [-0.25, -0.2) is 4.39 Å². The smallest absolute Gasteiger partial charge is 0.230 e. The highest BCUT2D eigenvalue weighted by atomic mass is 32.2. The molecule has 2 heterocycles. The maximum Gasteiger partial charge on any atom is 0.230 e. The fourth-order valence-corrected chi connectivity index (χ4v) is 4.76. The first kappa shape index (κ1) is 25.0. The Morgan fingerprint density at radius 3 is 2.54 bits per heavy atom. The maximum atomic E-state index is 14.4. The number of thioether (sulfide) groups is 1. The average Bonchev–Trinajstić information content (AvgIpc) is 3.22. The Bertz CT molecular complexity index is 1180. The lowest BCUT2D eigenvalue weighted by Crippen LogP contribution is -2.33. The lowest BCUT2D eigenvalue weighted by Gasteiger charge is -2.25. The van der Waals surface area contributed by atoms with E-state index in [1.165, 1.54) is 17.8 Å². The molecule has 0 spiro atoms. The van der Waals surface area contributed by atoms with Gasteiger partial charge in [0.25, 0.3) is 0 Å². The topological polar surface area (TPSA) is 78.3 Å². The summed E-state index contributed by atoms with van der Waals surface area (Å²) in [5.41, 5.74) is 1.36. The van der Waals surface area contributed by atoms with Crippen LogP contribution in [0.5, 0.6) is 11.5 Å². The van der Waals surface area contributed by atoms with Crippen LogP contribution in [-0.4, -0.2) is 39.6 Å². The van der Waals surface area contributed by atoms with E-state index >= 15 is 0 Å². The summed E-state index contributed by atoms with van der Waals surface area (Å²) in [6.45, 7) is 9.95. The van der Waals surface area contributed by atoms with Crippen molar-refractivity contribution in [3.05, 3.63) is 53.8 Å². The minimum absolute atomic E-state index is 0.116. The average molecular weight is 499 g/mol. The Hall–Kier alpha value is -3.07. The molecule has 2 aromatic carbocycles. The summed E-state index contributed by atoms with van der Waals surface area (Å²) in [6, 6.07) is 12.1. The van der Waals surface area contributed by atoms with Crippen LogP contribution >= 0.6 is 11.8 Å². The van der Waals surface area contributed by atoms with Gasteiger partial charge >= 0.3 is 0 Å². The number of carbonyl (C=O) groups excluding carboxylic acids is 1. The maximum absolute atomic E-state index is 14.4. The second-order valence-electron chi connectivity index (χ2n) is 9.27. The highest BCUT2D eigenvalue weighted by Crippen LogP contribution is 2.34. The molecule has 1 aromatic heterocycles. The van der Waals surface area contributed by atoms with Gasteiger partial charge in [0.15, 0.2) is 22.5 Å². The van der Waals surface area contributed by atoms with E-state index in [1.54, 1.807) is 18.2 Å². The Kier molecular flexibility index (Phi) is 7.95. The van der Waals surface area contributed by atoms with Gasteiger partial charge in [0.05, 0.1) is 17.4 Å². The number of nitrogens with one attached hydrogen (secondary N) is 1. The Balaban J connectivity index is 1.48. The fraction of sp³-hybridized carbons (Fsp3) is 0.423. The zero-order valence-corrected chi connectivity index (χ0v) is 21.3. The van der Waals surface area contributed by atoms with Crippen LogP contribution in [0.1, 0.15) is 39.3 Å². The van der Waals surface area contributed by atoms with Crippen molar-refractivity contribution in [2.24, 2.45) is 11.8 Å². The number of ether oxygens (including phenoxy) is 2. The highest BCUT2D eigenvalue weighted by molar-refractivity contribution is 7.99. The first-order valence-corrected chi connectivity index (χ1v) is 12.8. The van der Waals surface area contributed by atoms with E-state index in [1.807, 2.05) is 22.8 Å². The van der Waals surface area contributed by atoms with Crippen LogP contribution in [0, 0.1) is 17.7 Å². The van der Waals surface area contributed by atoms with E-state index in [-0.39, 0.29) is 29.4 Å². The summed E-state index contributed by atoms with van der Waals surface area (Å²) in [5.74, 6) is 2.06. The van der Waals surface area contributed by atoms with Crippen molar-refractivity contribution in [1.29, 1.82) is 0 Å². The number of nitrogens with zero attached hydrogens (tertiary/aromatic N) is 3. The standard InChI is InChI=1S/C26H31FN4O3S/c1-16(2)14-31-25(19-7-5-6-8-20(19)27)29-30-26(31)35-15-23(32)28-24(17(3)4)18-9-10-21-22(13-18)34-12-11-33-21/h5-10,13,16-17,24H,11-12,14-15H2,1-4H3,(H,28,32)/t24-/m1/s1. The third-order valence-electron chi connectivity index (χ3n) is 5.62. The number of hydrogen-bond acceptors (Lipinski definition) is 6. The number of fused-ring (bicyclic) bond motifs is 1. The number of carbonyl (C=O) groups is 1. The number of hydrogen-bond donors (Lipinski definition) is 1. The molecule has 35 heavy (non-hydrogen) atoms. The molecule has 3 aromatic rings. The summed E-state index contributed by atoms with van der Waals surface area (Å²) >= 11 is 1.30. The van der Waals surface area contributed by atoms with Gasteiger partial charge in [-0.1, -0.05) is 57.7 Å². The monoisotopic (exact) mass is 498 g/mol. The summed E-state index contributed by atoms with van der Waals surface area (Å²) in [6.07, 6.45) is 0. The van der Waals surface area contributed by atoms with Crippen LogP contribution in [0.2, 0.25) is 0 Å². The predicted octanol–water partition coefficient (Wildman–Crippen LogP) is 5.12. The van der Waals surface area contributed by atoms with E-state index < -0.39 is 0 Å². The van der Waals surface area contributed by atoms with Crippen molar-refractivity contribution in [2.45, 2.75) is 45.4 Å². The molecule has 0 bridgehead atoms. The number of benzene rings is 2. The zero-order valence-electron chi connectivity index (χ0n) is 20.5. The van der Waals surface area contributed by atoms with Crippen LogP contribution in [0.25, 0.3) is 11.4 Å². The van der Waals surface area contributed by atoms with Gasteiger partial charge in [0, 0.05) is 6.54 Å². The molecule has 1 N–H and O–H groups in total. The van der Waals surface area contributed by atoms with Crippen molar-refractivity contribution < 1.29 is 18.7 Å². The molecule has 1 atom stereocenters. The summed E-state index contributed by atoms with van der Waals surface area (Å²) < 4.78 is 27.6. The van der Waals surface area contributed by atoms with Crippen molar-refractivity contribution in [3.63, 3.8) is 0 Å². The van der Waals surface area contributed by atoms with Gasteiger partial charge < -0.3 is 19.4 Å². The van der Waals surface area contributed by atoms with Gasteiger partial charge in [0.1, 0.15) is 19.0 Å². The van der Waals surface area contributed by atoms with Gasteiger partial charge in [-0.15, -0.1) is 10.2 Å². The first-order chi connectivity index (χ1) is 16.8. The lowest BCUT2D eigenvalue weighted by molar-refractivity contribution is -0.119. The van der Waals surface area contributed by atoms with E-state index in [0.717, 1.165) is 11.3 Å². The molecule has 1 aliphatic rings. The van der Waals surface area contributed by atoms with E-state index in [2.05, 4.69) is 43.2 Å². The molecule has 0 radical (unpaired) electrons. The second-order valence-corrected chi connectivity index (χ2v) is 10.2. The summed E-state index contributed by atoms with van der Waals surface area (Å²) in [5, 5.41) is 12.3. The van der Waals surface area contributed by atoms with Gasteiger partial charge in [-0.2, -0.15) is 0 Å². The number of amides is 1. The molecule has 186 valence electrons. The largest absolute Gasteiger partial charge is 0.486 e. The molecule has 0 unspecified atom stereocenters. The minimum atomic E-state index is -0.349. The van der Waals surface area contributed by atoms with Crippen LogP contribution in [0.15, 0.2) is 47.6 Å². The number of rotatable bonds is 9. The van der Waals surface area contributed by atoms with E-state index in [4.69, 9.17) is 9.47 Å². The lowest BCUT2D eigenvalue weighted by atomic mass is 9.95. The van der Waals surface area contributed by atoms with Crippen LogP contribution in [0.3, 0.4) is 0 Å². The molecule has 4 rings (SSSR count). The normalized spacial score (nSPS) is 13.8. The molecular formula is C26H31FN4O3S. The summed E-state index contributed by atoms with van der Waals surface area (Å²) in [4.78, 5) is 13.0. The van der Waals surface area contributed by atoms with Gasteiger partial charge in [0.2, 0.25) is 5.91 Å². The van der Waals surface area contributed by atoms with Crippen molar-refractivity contribution in [3.8, 4) is 22.9 Å². The molecular weight excluding hydrogens is 467 g/mol. The van der Waals surface area contributed by atoms with Crippen LogP contribution < -0.4 is 14.8 Å². The quantitative estimate of drug-likeness (QED) is 0.413. The molecule has 9 heteroatoms. The minimum Gasteiger partial charge on any atom is -0.486 e. The fourth-order valence-electron chi connectivity index (χ4n) is 4.00. The summed E-state index contributed by atoms with van der Waals surface area (Å²) in [7, 11) is 0. The second kappa shape index (κ2) is 11.1. The first-order valence-electron chi connectivity index (χ1n) is 11.8. The number of aromatic nitrogens is 3. The number of halogens is 1. The third kappa shape index (κ3) is 5.96. The third-order valence-corrected chi connectivity index (χ3v) is 6.59. The molecule has 0 fully saturated rings. The van der Waals surface area contributed by atoms with E-state index in [0.29, 0.717) is 48.0 Å². The van der Waals surface area contributed by atoms with Gasteiger partial charge in [-0.3, -0.25) is 4.79 Å². The Labute approximate surface area is 209 Å². The molecule has 1 amide bonds. The zero-order chi connectivity index (χ0) is 24.9. The SMILES string of the molecule is CC(C)Cn1c(SCC(=O)N[C@@H](c2ccc3c(c2)OCCO3)C(C)C)nnc1-c1ccccc1F. The van der Waals surface area contributed by atoms with Crippen LogP contribution in [-0.2, 0) is 11.3 Å². The van der Waals surface area contributed by atoms with Crippen molar-refractivity contribution >= 4 is 17.7 Å². The Morgan fingerprint density at radius 2 is 1.83 bits per heavy atom. The van der Waals surface area contributed by atoms with Crippen LogP contribution in [0.4, 0.5) is 4.39 Å². The Morgan fingerprint density at radius 1 is 1.09 bits per heavy atom. The highest BCUT2D eigenvalue weighted by Gasteiger charge is 2.23.